The number of nitrogens with one attached hydrogen (secondary N) is 3. The van der Waals surface area contributed by atoms with Crippen LogP contribution in [0.1, 0.15) is 20.8 Å². The number of hydrogen-bond acceptors (Lipinski definition) is 6. The zero-order valence-corrected chi connectivity index (χ0v) is 14.8. The van der Waals surface area contributed by atoms with Crippen LogP contribution < -0.4 is 16.0 Å². The summed E-state index contributed by atoms with van der Waals surface area (Å²) in [6, 6.07) is -0.437. The summed E-state index contributed by atoms with van der Waals surface area (Å²) in [6.07, 6.45) is 0. The largest absolute Gasteiger partial charge is 0.382 e. The molecular formula is C14H29N3O4S. The Kier molecular flexibility index (Phi) is 11.3. The SMILES string of the molecule is COCCOCCNC(=O)CNC(=O)C(CS)NC(C)(C)C. The Morgan fingerprint density at radius 1 is 1.14 bits per heavy atom. The normalized spacial score (nSPS) is 12.8. The number of methoxy groups -OCH3 is 1. The van der Waals surface area contributed by atoms with E-state index in [-0.39, 0.29) is 23.9 Å². The number of amides is 2. The smallest absolute Gasteiger partial charge is 0.239 e. The second kappa shape index (κ2) is 11.7. The molecule has 0 aliphatic heterocycles. The lowest BCUT2D eigenvalue weighted by Crippen LogP contribution is -2.53. The fraction of sp³-hybridized carbons (Fsp3) is 0.857. The summed E-state index contributed by atoms with van der Waals surface area (Å²) >= 11 is 4.16. The van der Waals surface area contributed by atoms with Crippen LogP contribution >= 0.6 is 12.6 Å². The summed E-state index contributed by atoms with van der Waals surface area (Å²) < 4.78 is 10.0. The van der Waals surface area contributed by atoms with E-state index in [2.05, 4.69) is 28.6 Å². The van der Waals surface area contributed by atoms with E-state index in [1.807, 2.05) is 20.8 Å². The third kappa shape index (κ3) is 11.8. The van der Waals surface area contributed by atoms with Crippen molar-refractivity contribution < 1.29 is 19.1 Å². The standard InChI is InChI=1S/C14H29N3O4S/c1-14(2,3)17-11(10-22)13(19)16-9-12(18)15-5-6-21-8-7-20-4/h11,17,22H,5-10H2,1-4H3,(H,15,18)(H,16,19). The van der Waals surface area contributed by atoms with Crippen LogP contribution in [0.3, 0.4) is 0 Å². The molecule has 0 saturated carbocycles. The van der Waals surface area contributed by atoms with Crippen LogP contribution in [0.2, 0.25) is 0 Å². The van der Waals surface area contributed by atoms with Crippen molar-refractivity contribution in [1.82, 2.24) is 16.0 Å². The maximum absolute atomic E-state index is 12.0. The molecule has 130 valence electrons. The lowest BCUT2D eigenvalue weighted by Gasteiger charge is -2.26. The monoisotopic (exact) mass is 335 g/mol. The van der Waals surface area contributed by atoms with Gasteiger partial charge in [-0.05, 0) is 20.8 Å². The quantitative estimate of drug-likeness (QED) is 0.304. The maximum atomic E-state index is 12.0. The molecular weight excluding hydrogens is 306 g/mol. The summed E-state index contributed by atoms with van der Waals surface area (Å²) in [5.74, 6) is -0.133. The summed E-state index contributed by atoms with van der Waals surface area (Å²) in [6.45, 7) is 7.66. The van der Waals surface area contributed by atoms with Gasteiger partial charge in [0, 0.05) is 24.9 Å². The van der Waals surface area contributed by atoms with Crippen molar-refractivity contribution in [3.8, 4) is 0 Å². The molecule has 1 unspecified atom stereocenters. The fourth-order valence-electron chi connectivity index (χ4n) is 1.58. The molecule has 0 saturated heterocycles. The Morgan fingerprint density at radius 3 is 2.36 bits per heavy atom. The minimum atomic E-state index is -0.437. The molecule has 2 amide bonds. The van der Waals surface area contributed by atoms with E-state index in [9.17, 15) is 9.59 Å². The first kappa shape index (κ1) is 21.2. The first-order valence-electron chi connectivity index (χ1n) is 7.30. The van der Waals surface area contributed by atoms with Gasteiger partial charge in [0.2, 0.25) is 11.8 Å². The Labute approximate surface area is 138 Å². The van der Waals surface area contributed by atoms with Gasteiger partial charge in [-0.1, -0.05) is 0 Å². The van der Waals surface area contributed by atoms with Crippen molar-refractivity contribution in [2.45, 2.75) is 32.4 Å². The van der Waals surface area contributed by atoms with Gasteiger partial charge in [-0.25, -0.2) is 0 Å². The molecule has 0 heterocycles. The average Bonchev–Trinajstić information content (AvgIpc) is 2.44. The third-order valence-corrected chi connectivity index (χ3v) is 2.89. The highest BCUT2D eigenvalue weighted by Gasteiger charge is 2.22. The van der Waals surface area contributed by atoms with E-state index in [0.717, 1.165) is 0 Å². The molecule has 3 N–H and O–H groups in total. The van der Waals surface area contributed by atoms with E-state index in [4.69, 9.17) is 9.47 Å². The molecule has 0 aliphatic rings. The Bertz CT molecular complexity index is 335. The van der Waals surface area contributed by atoms with E-state index in [0.29, 0.717) is 32.1 Å². The van der Waals surface area contributed by atoms with Crippen molar-refractivity contribution in [2.75, 3.05) is 45.8 Å². The van der Waals surface area contributed by atoms with Gasteiger partial charge in [0.1, 0.15) is 0 Å². The predicted octanol–water partition coefficient (Wildman–Crippen LogP) is -0.432. The molecule has 7 nitrogen and oxygen atoms in total. The molecule has 0 fully saturated rings. The second-order valence-electron chi connectivity index (χ2n) is 5.80. The molecule has 0 aliphatic carbocycles. The van der Waals surface area contributed by atoms with Crippen LogP contribution in [-0.2, 0) is 19.1 Å². The zero-order chi connectivity index (χ0) is 17.0. The first-order chi connectivity index (χ1) is 10.3. The highest BCUT2D eigenvalue weighted by Crippen LogP contribution is 2.02. The Balaban J connectivity index is 3.86. The van der Waals surface area contributed by atoms with Crippen molar-refractivity contribution in [3.63, 3.8) is 0 Å². The lowest BCUT2D eigenvalue weighted by atomic mass is 10.1. The molecule has 0 aromatic rings. The number of hydrogen-bond donors (Lipinski definition) is 4. The molecule has 0 aromatic heterocycles. The van der Waals surface area contributed by atoms with Gasteiger partial charge in [0.25, 0.3) is 0 Å². The van der Waals surface area contributed by atoms with Crippen LogP contribution in [0.25, 0.3) is 0 Å². The minimum absolute atomic E-state index is 0.0625. The van der Waals surface area contributed by atoms with Gasteiger partial charge in [-0.2, -0.15) is 12.6 Å². The zero-order valence-electron chi connectivity index (χ0n) is 13.9. The summed E-state index contributed by atoms with van der Waals surface area (Å²) in [5.41, 5.74) is -0.202. The number of carbonyl (C=O) groups is 2. The van der Waals surface area contributed by atoms with Crippen LogP contribution in [0.4, 0.5) is 0 Å². The third-order valence-electron chi connectivity index (χ3n) is 2.53. The molecule has 0 spiro atoms. The van der Waals surface area contributed by atoms with Gasteiger partial charge in [0.05, 0.1) is 32.4 Å². The second-order valence-corrected chi connectivity index (χ2v) is 6.17. The molecule has 22 heavy (non-hydrogen) atoms. The number of rotatable bonds is 11. The topological polar surface area (TPSA) is 88.7 Å². The highest BCUT2D eigenvalue weighted by molar-refractivity contribution is 7.80. The van der Waals surface area contributed by atoms with Gasteiger partial charge >= 0.3 is 0 Å². The van der Waals surface area contributed by atoms with Gasteiger partial charge in [-0.3, -0.25) is 9.59 Å². The Morgan fingerprint density at radius 2 is 1.82 bits per heavy atom. The van der Waals surface area contributed by atoms with E-state index >= 15 is 0 Å². The molecule has 0 rings (SSSR count). The van der Waals surface area contributed by atoms with Crippen LogP contribution in [0.15, 0.2) is 0 Å². The van der Waals surface area contributed by atoms with Gasteiger partial charge in [0.15, 0.2) is 0 Å². The number of carbonyl (C=O) groups excluding carboxylic acids is 2. The van der Waals surface area contributed by atoms with Crippen LogP contribution in [0.5, 0.6) is 0 Å². The van der Waals surface area contributed by atoms with Crippen LogP contribution in [-0.4, -0.2) is 69.2 Å². The first-order valence-corrected chi connectivity index (χ1v) is 7.93. The van der Waals surface area contributed by atoms with Gasteiger partial charge in [-0.15, -0.1) is 0 Å². The summed E-state index contributed by atoms with van der Waals surface area (Å²) in [4.78, 5) is 23.6. The van der Waals surface area contributed by atoms with Crippen molar-refractivity contribution in [1.29, 1.82) is 0 Å². The maximum Gasteiger partial charge on any atom is 0.239 e. The molecule has 1 atom stereocenters. The fourth-order valence-corrected chi connectivity index (χ4v) is 1.83. The van der Waals surface area contributed by atoms with E-state index < -0.39 is 6.04 Å². The van der Waals surface area contributed by atoms with Crippen molar-refractivity contribution in [2.24, 2.45) is 0 Å². The van der Waals surface area contributed by atoms with E-state index in [1.54, 1.807) is 7.11 Å². The summed E-state index contributed by atoms with van der Waals surface area (Å²) in [7, 11) is 1.60. The highest BCUT2D eigenvalue weighted by atomic mass is 32.1. The predicted molar refractivity (Wildman–Crippen MR) is 89.2 cm³/mol. The minimum Gasteiger partial charge on any atom is -0.382 e. The van der Waals surface area contributed by atoms with Crippen molar-refractivity contribution in [3.05, 3.63) is 0 Å². The van der Waals surface area contributed by atoms with Crippen LogP contribution in [0, 0.1) is 0 Å². The molecule has 0 bridgehead atoms. The lowest BCUT2D eigenvalue weighted by molar-refractivity contribution is -0.127. The molecule has 8 heteroatoms. The van der Waals surface area contributed by atoms with Crippen molar-refractivity contribution >= 4 is 24.4 Å². The summed E-state index contributed by atoms with van der Waals surface area (Å²) in [5, 5.41) is 8.40. The molecule has 0 aromatic carbocycles. The number of thiol groups is 1. The van der Waals surface area contributed by atoms with E-state index in [1.165, 1.54) is 0 Å². The Hall–Kier alpha value is -0.830. The number of ether oxygens (including phenoxy) is 2. The average molecular weight is 335 g/mol. The van der Waals surface area contributed by atoms with Gasteiger partial charge < -0.3 is 25.4 Å². The molecule has 0 radical (unpaired) electrons.